The summed E-state index contributed by atoms with van der Waals surface area (Å²) in [5.41, 5.74) is 6.52. The van der Waals surface area contributed by atoms with Gasteiger partial charge in [0.15, 0.2) is 0 Å². The second-order valence-corrected chi connectivity index (χ2v) is 5.47. The summed E-state index contributed by atoms with van der Waals surface area (Å²) in [6, 6.07) is 4.72. The van der Waals surface area contributed by atoms with Crippen molar-refractivity contribution in [3.05, 3.63) is 51.8 Å². The lowest BCUT2D eigenvalue weighted by molar-refractivity contribution is 0.587. The minimum Gasteiger partial charge on any atom is -0.369 e. The Balaban J connectivity index is 2.37. The van der Waals surface area contributed by atoms with Crippen molar-refractivity contribution in [1.82, 2.24) is 9.55 Å². The number of benzene rings is 2. The maximum Gasteiger partial charge on any atom is 0.206 e. The number of halogens is 4. The molecule has 0 aliphatic heterocycles. The first-order valence-corrected chi connectivity index (χ1v) is 6.77. The van der Waals surface area contributed by atoms with Gasteiger partial charge in [-0.3, -0.25) is 4.57 Å². The van der Waals surface area contributed by atoms with Gasteiger partial charge in [-0.15, -0.1) is 0 Å². The monoisotopic (exact) mass is 355 g/mol. The number of aryl methyl sites for hydroxylation is 1. The SMILES string of the molecule is Cc1cc(F)c(-n2c(N)nc3cc(F)c(Br)cc32)cc1F. The number of aromatic nitrogens is 2. The summed E-state index contributed by atoms with van der Waals surface area (Å²) in [6.07, 6.45) is 0. The first-order chi connectivity index (χ1) is 9.88. The summed E-state index contributed by atoms with van der Waals surface area (Å²) >= 11 is 3.05. The zero-order valence-electron chi connectivity index (χ0n) is 10.8. The van der Waals surface area contributed by atoms with Crippen molar-refractivity contribution in [2.45, 2.75) is 6.92 Å². The molecule has 1 aromatic heterocycles. The van der Waals surface area contributed by atoms with Gasteiger partial charge in [-0.2, -0.15) is 0 Å². The van der Waals surface area contributed by atoms with Crippen LogP contribution in [0.5, 0.6) is 0 Å². The molecule has 21 heavy (non-hydrogen) atoms. The van der Waals surface area contributed by atoms with Crippen molar-refractivity contribution in [2.24, 2.45) is 0 Å². The third-order valence-electron chi connectivity index (χ3n) is 3.19. The minimum atomic E-state index is -0.639. The minimum absolute atomic E-state index is 0.0512. The standard InChI is InChI=1S/C14H9BrF3N3/c1-6-2-10(18)12(5-8(6)16)21-13-3-7(15)9(17)4-11(13)20-14(21)19/h2-5H,1H3,(H2,19,20). The molecule has 0 bridgehead atoms. The van der Waals surface area contributed by atoms with Crippen LogP contribution in [0, 0.1) is 24.4 Å². The topological polar surface area (TPSA) is 43.8 Å². The van der Waals surface area contributed by atoms with E-state index in [-0.39, 0.29) is 27.2 Å². The molecule has 3 nitrogen and oxygen atoms in total. The van der Waals surface area contributed by atoms with Gasteiger partial charge in [-0.1, -0.05) is 0 Å². The Bertz CT molecular complexity index is 874. The second kappa shape index (κ2) is 4.77. The molecule has 3 rings (SSSR count). The summed E-state index contributed by atoms with van der Waals surface area (Å²) in [4.78, 5) is 3.98. The van der Waals surface area contributed by atoms with Crippen molar-refractivity contribution < 1.29 is 13.2 Å². The lowest BCUT2D eigenvalue weighted by Crippen LogP contribution is -2.04. The number of rotatable bonds is 1. The van der Waals surface area contributed by atoms with Crippen LogP contribution in [0.2, 0.25) is 0 Å². The predicted octanol–water partition coefficient (Wildman–Crippen LogP) is 4.10. The Labute approximate surface area is 126 Å². The van der Waals surface area contributed by atoms with E-state index in [4.69, 9.17) is 5.73 Å². The number of nitrogen functional groups attached to an aromatic ring is 1. The van der Waals surface area contributed by atoms with E-state index < -0.39 is 17.5 Å². The first-order valence-electron chi connectivity index (χ1n) is 5.97. The number of anilines is 1. The third kappa shape index (κ3) is 2.17. The van der Waals surface area contributed by atoms with Gasteiger partial charge in [0.1, 0.15) is 17.5 Å². The number of fused-ring (bicyclic) bond motifs is 1. The first kappa shape index (κ1) is 13.9. The number of nitrogens with two attached hydrogens (primary N) is 1. The number of nitrogens with zero attached hydrogens (tertiary/aromatic N) is 2. The molecule has 2 N–H and O–H groups in total. The highest BCUT2D eigenvalue weighted by Crippen LogP contribution is 2.29. The molecular weight excluding hydrogens is 347 g/mol. The quantitative estimate of drug-likeness (QED) is 0.714. The van der Waals surface area contributed by atoms with Crippen LogP contribution in [0.1, 0.15) is 5.56 Å². The maximum atomic E-state index is 14.1. The van der Waals surface area contributed by atoms with E-state index in [1.54, 1.807) is 0 Å². The van der Waals surface area contributed by atoms with E-state index >= 15 is 0 Å². The summed E-state index contributed by atoms with van der Waals surface area (Å²) in [6.45, 7) is 1.46. The van der Waals surface area contributed by atoms with E-state index in [2.05, 4.69) is 20.9 Å². The number of imidazole rings is 1. The van der Waals surface area contributed by atoms with Crippen LogP contribution in [0.3, 0.4) is 0 Å². The normalized spacial score (nSPS) is 11.3. The van der Waals surface area contributed by atoms with Crippen molar-refractivity contribution in [3.63, 3.8) is 0 Å². The van der Waals surface area contributed by atoms with Crippen molar-refractivity contribution in [1.29, 1.82) is 0 Å². The molecule has 0 atom stereocenters. The highest BCUT2D eigenvalue weighted by molar-refractivity contribution is 9.10. The van der Waals surface area contributed by atoms with Crippen molar-refractivity contribution >= 4 is 32.9 Å². The molecule has 0 aliphatic carbocycles. The van der Waals surface area contributed by atoms with Crippen LogP contribution in [0.15, 0.2) is 28.7 Å². The molecule has 0 amide bonds. The van der Waals surface area contributed by atoms with Gasteiger partial charge < -0.3 is 5.73 Å². The highest BCUT2D eigenvalue weighted by Gasteiger charge is 2.17. The molecule has 2 aromatic carbocycles. The molecule has 7 heteroatoms. The van der Waals surface area contributed by atoms with Crippen molar-refractivity contribution in [2.75, 3.05) is 5.73 Å². The average Bonchev–Trinajstić information content (AvgIpc) is 2.70. The fourth-order valence-electron chi connectivity index (χ4n) is 2.15. The van der Waals surface area contributed by atoms with Gasteiger partial charge in [-0.05, 0) is 40.5 Å². The average molecular weight is 356 g/mol. The molecule has 1 heterocycles. The fourth-order valence-corrected chi connectivity index (χ4v) is 2.48. The Hall–Kier alpha value is -2.02. The molecule has 0 unspecified atom stereocenters. The van der Waals surface area contributed by atoms with E-state index in [9.17, 15) is 13.2 Å². The molecule has 0 radical (unpaired) electrons. The van der Waals surface area contributed by atoms with Gasteiger partial charge in [0.2, 0.25) is 5.95 Å². The molecule has 0 saturated heterocycles. The van der Waals surface area contributed by atoms with E-state index in [0.717, 1.165) is 12.1 Å². The van der Waals surface area contributed by atoms with Crippen LogP contribution >= 0.6 is 15.9 Å². The summed E-state index contributed by atoms with van der Waals surface area (Å²) in [5.74, 6) is -1.76. The Morgan fingerprint density at radius 1 is 1.05 bits per heavy atom. The van der Waals surface area contributed by atoms with Gasteiger partial charge in [0.05, 0.1) is 21.2 Å². The lowest BCUT2D eigenvalue weighted by Gasteiger charge is -2.09. The maximum absolute atomic E-state index is 14.1. The van der Waals surface area contributed by atoms with E-state index in [1.165, 1.54) is 23.6 Å². The number of hydrogen-bond donors (Lipinski definition) is 1. The van der Waals surface area contributed by atoms with Crippen LogP contribution in [0.4, 0.5) is 19.1 Å². The van der Waals surface area contributed by atoms with Crippen LogP contribution in [-0.4, -0.2) is 9.55 Å². The second-order valence-electron chi connectivity index (χ2n) is 4.61. The third-order valence-corrected chi connectivity index (χ3v) is 3.80. The predicted molar refractivity (Wildman–Crippen MR) is 77.8 cm³/mol. The lowest BCUT2D eigenvalue weighted by atomic mass is 10.2. The molecule has 0 aliphatic rings. The Morgan fingerprint density at radius 3 is 2.48 bits per heavy atom. The molecular formula is C14H9BrF3N3. The molecule has 108 valence electrons. The molecule has 0 spiro atoms. The van der Waals surface area contributed by atoms with Gasteiger partial charge in [0.25, 0.3) is 0 Å². The summed E-state index contributed by atoms with van der Waals surface area (Å²) < 4.78 is 42.8. The van der Waals surface area contributed by atoms with Crippen molar-refractivity contribution in [3.8, 4) is 5.69 Å². The van der Waals surface area contributed by atoms with Crippen LogP contribution in [0.25, 0.3) is 16.7 Å². The van der Waals surface area contributed by atoms with Gasteiger partial charge in [0, 0.05) is 12.1 Å². The van der Waals surface area contributed by atoms with E-state index in [1.807, 2.05) is 0 Å². The Morgan fingerprint density at radius 2 is 1.76 bits per heavy atom. The van der Waals surface area contributed by atoms with E-state index in [0.29, 0.717) is 5.52 Å². The number of hydrogen-bond acceptors (Lipinski definition) is 2. The summed E-state index contributed by atoms with van der Waals surface area (Å²) in [7, 11) is 0. The summed E-state index contributed by atoms with van der Waals surface area (Å²) in [5, 5.41) is 0. The fraction of sp³-hybridized carbons (Fsp3) is 0.0714. The highest BCUT2D eigenvalue weighted by atomic mass is 79.9. The molecule has 3 aromatic rings. The Kier molecular flexibility index (Phi) is 3.16. The largest absolute Gasteiger partial charge is 0.369 e. The molecule has 0 saturated carbocycles. The smallest absolute Gasteiger partial charge is 0.206 e. The molecule has 0 fully saturated rings. The zero-order valence-corrected chi connectivity index (χ0v) is 12.4. The van der Waals surface area contributed by atoms with Gasteiger partial charge in [-0.25, -0.2) is 18.2 Å². The van der Waals surface area contributed by atoms with Crippen LogP contribution < -0.4 is 5.73 Å². The zero-order chi connectivity index (χ0) is 15.3. The van der Waals surface area contributed by atoms with Crippen LogP contribution in [-0.2, 0) is 0 Å². The van der Waals surface area contributed by atoms with Gasteiger partial charge >= 0.3 is 0 Å².